The Kier molecular flexibility index (Phi) is 3.87. The molecule has 0 spiro atoms. The molecule has 0 unspecified atom stereocenters. The number of aromatic nitrogens is 1. The van der Waals surface area contributed by atoms with Gasteiger partial charge in [-0.3, -0.25) is 14.6 Å². The van der Waals surface area contributed by atoms with Crippen LogP contribution in [0.5, 0.6) is 5.88 Å². The minimum atomic E-state index is -0.531. The monoisotopic (exact) mass is 278 g/mol. The molecule has 2 aromatic rings. The number of H-pyrrole nitrogens is 1. The summed E-state index contributed by atoms with van der Waals surface area (Å²) in [6.45, 7) is 0.309. The van der Waals surface area contributed by atoms with E-state index in [1.165, 1.54) is 6.07 Å². The molecule has 1 aromatic heterocycles. The number of nitrogens with one attached hydrogen (secondary N) is 2. The van der Waals surface area contributed by atoms with E-state index >= 15 is 0 Å². The van der Waals surface area contributed by atoms with Crippen molar-refractivity contribution in [2.45, 2.75) is 6.54 Å². The molecule has 1 aromatic carbocycles. The quantitative estimate of drug-likeness (QED) is 0.799. The highest BCUT2D eigenvalue weighted by atomic mass is 35.5. The van der Waals surface area contributed by atoms with Crippen LogP contribution in [-0.4, -0.2) is 16.0 Å². The summed E-state index contributed by atoms with van der Waals surface area (Å²) in [5.41, 5.74) is 0.457. The van der Waals surface area contributed by atoms with E-state index in [0.29, 0.717) is 11.6 Å². The Labute approximate surface area is 113 Å². The smallest absolute Gasteiger partial charge is 0.251 e. The molecule has 1 heterocycles. The first-order chi connectivity index (χ1) is 9.04. The van der Waals surface area contributed by atoms with Gasteiger partial charge in [0.1, 0.15) is 0 Å². The highest BCUT2D eigenvalue weighted by Crippen LogP contribution is 2.09. The molecule has 3 N–H and O–H groups in total. The van der Waals surface area contributed by atoms with Crippen LogP contribution >= 0.6 is 11.6 Å². The molecule has 0 radical (unpaired) electrons. The number of amides is 1. The normalized spacial score (nSPS) is 10.2. The SMILES string of the molecule is O=C(NCc1ccc(Cl)cc1)c1cc(O)[nH]c(=O)c1. The number of halogens is 1. The lowest BCUT2D eigenvalue weighted by Gasteiger charge is -2.05. The minimum Gasteiger partial charge on any atom is -0.494 e. The Morgan fingerprint density at radius 1 is 1.26 bits per heavy atom. The van der Waals surface area contributed by atoms with Crippen LogP contribution in [0.1, 0.15) is 15.9 Å². The number of carbonyl (C=O) groups excluding carboxylic acids is 1. The molecule has 6 heteroatoms. The summed E-state index contributed by atoms with van der Waals surface area (Å²) in [6, 6.07) is 9.34. The predicted molar refractivity (Wildman–Crippen MR) is 71.3 cm³/mol. The summed E-state index contributed by atoms with van der Waals surface area (Å²) >= 11 is 5.75. The van der Waals surface area contributed by atoms with E-state index in [1.54, 1.807) is 24.3 Å². The van der Waals surface area contributed by atoms with Gasteiger partial charge in [0.15, 0.2) is 5.88 Å². The van der Waals surface area contributed by atoms with Crippen molar-refractivity contribution in [2.24, 2.45) is 0 Å². The maximum atomic E-state index is 11.8. The highest BCUT2D eigenvalue weighted by molar-refractivity contribution is 6.30. The van der Waals surface area contributed by atoms with Gasteiger partial charge in [-0.25, -0.2) is 0 Å². The van der Waals surface area contributed by atoms with E-state index < -0.39 is 11.5 Å². The van der Waals surface area contributed by atoms with Crippen molar-refractivity contribution in [3.05, 3.63) is 62.9 Å². The van der Waals surface area contributed by atoms with Crippen molar-refractivity contribution in [3.63, 3.8) is 0 Å². The van der Waals surface area contributed by atoms with Gasteiger partial charge < -0.3 is 10.4 Å². The van der Waals surface area contributed by atoms with Crippen LogP contribution in [0.3, 0.4) is 0 Å². The maximum Gasteiger partial charge on any atom is 0.251 e. The number of rotatable bonds is 3. The molecule has 0 bridgehead atoms. The number of hydrogen-bond donors (Lipinski definition) is 3. The zero-order valence-electron chi connectivity index (χ0n) is 9.81. The van der Waals surface area contributed by atoms with Crippen LogP contribution in [0.15, 0.2) is 41.2 Å². The van der Waals surface area contributed by atoms with Gasteiger partial charge in [0.05, 0.1) is 5.56 Å². The van der Waals surface area contributed by atoms with Gasteiger partial charge in [-0.15, -0.1) is 0 Å². The molecule has 5 nitrogen and oxygen atoms in total. The molecule has 0 saturated heterocycles. The van der Waals surface area contributed by atoms with Crippen LogP contribution < -0.4 is 10.9 Å². The molecule has 98 valence electrons. The zero-order chi connectivity index (χ0) is 13.8. The van der Waals surface area contributed by atoms with E-state index in [4.69, 9.17) is 11.6 Å². The molecule has 0 aliphatic carbocycles. The molecule has 0 saturated carbocycles. The molecule has 0 atom stereocenters. The first kappa shape index (κ1) is 13.2. The lowest BCUT2D eigenvalue weighted by atomic mass is 10.2. The second kappa shape index (κ2) is 5.58. The third kappa shape index (κ3) is 3.59. The molecular weight excluding hydrogens is 268 g/mol. The lowest BCUT2D eigenvalue weighted by Crippen LogP contribution is -2.24. The fourth-order valence-electron chi connectivity index (χ4n) is 1.55. The van der Waals surface area contributed by atoms with E-state index in [9.17, 15) is 14.7 Å². The summed E-state index contributed by atoms with van der Waals surface area (Å²) in [7, 11) is 0. The summed E-state index contributed by atoms with van der Waals surface area (Å²) in [6.07, 6.45) is 0. The molecule has 1 amide bonds. The van der Waals surface area contributed by atoms with Crippen molar-refractivity contribution in [1.29, 1.82) is 0 Å². The van der Waals surface area contributed by atoms with Crippen molar-refractivity contribution in [2.75, 3.05) is 0 Å². The summed E-state index contributed by atoms with van der Waals surface area (Å²) in [5.74, 6) is -0.777. The van der Waals surface area contributed by atoms with Crippen molar-refractivity contribution in [3.8, 4) is 5.88 Å². The van der Waals surface area contributed by atoms with Gasteiger partial charge in [-0.05, 0) is 17.7 Å². The van der Waals surface area contributed by atoms with Crippen LogP contribution in [0.25, 0.3) is 0 Å². The third-order valence-electron chi connectivity index (χ3n) is 2.46. The fraction of sp³-hybridized carbons (Fsp3) is 0.0769. The number of carbonyl (C=O) groups is 1. The Morgan fingerprint density at radius 3 is 2.58 bits per heavy atom. The van der Waals surface area contributed by atoms with Gasteiger partial charge in [-0.2, -0.15) is 0 Å². The number of aromatic hydroxyl groups is 1. The van der Waals surface area contributed by atoms with E-state index in [2.05, 4.69) is 10.3 Å². The average molecular weight is 279 g/mol. The van der Waals surface area contributed by atoms with Gasteiger partial charge in [0, 0.05) is 23.7 Å². The topological polar surface area (TPSA) is 82.2 Å². The van der Waals surface area contributed by atoms with Crippen LogP contribution in [0.4, 0.5) is 0 Å². The first-order valence-corrected chi connectivity index (χ1v) is 5.88. The molecule has 0 fully saturated rings. The number of aromatic amines is 1. The molecule has 19 heavy (non-hydrogen) atoms. The van der Waals surface area contributed by atoms with Crippen molar-refractivity contribution >= 4 is 17.5 Å². The van der Waals surface area contributed by atoms with E-state index in [-0.39, 0.29) is 11.4 Å². The number of pyridine rings is 1. The van der Waals surface area contributed by atoms with Crippen molar-refractivity contribution < 1.29 is 9.90 Å². The number of hydrogen-bond acceptors (Lipinski definition) is 3. The number of benzene rings is 1. The van der Waals surface area contributed by atoms with Gasteiger partial charge >= 0.3 is 0 Å². The first-order valence-electron chi connectivity index (χ1n) is 5.50. The van der Waals surface area contributed by atoms with Crippen LogP contribution in [0.2, 0.25) is 5.02 Å². The van der Waals surface area contributed by atoms with Gasteiger partial charge in [0.25, 0.3) is 11.5 Å². The lowest BCUT2D eigenvalue weighted by molar-refractivity contribution is 0.0950. The molecule has 0 aliphatic heterocycles. The molecule has 2 rings (SSSR count). The van der Waals surface area contributed by atoms with E-state index in [0.717, 1.165) is 11.6 Å². The van der Waals surface area contributed by atoms with Gasteiger partial charge in [-0.1, -0.05) is 23.7 Å². The largest absolute Gasteiger partial charge is 0.494 e. The van der Waals surface area contributed by atoms with Crippen molar-refractivity contribution in [1.82, 2.24) is 10.3 Å². The highest BCUT2D eigenvalue weighted by Gasteiger charge is 2.07. The summed E-state index contributed by atoms with van der Waals surface area (Å²) < 4.78 is 0. The summed E-state index contributed by atoms with van der Waals surface area (Å²) in [4.78, 5) is 25.1. The second-order valence-electron chi connectivity index (χ2n) is 3.93. The molecular formula is C13H11ClN2O3. The van der Waals surface area contributed by atoms with Crippen LogP contribution in [-0.2, 0) is 6.54 Å². The van der Waals surface area contributed by atoms with Crippen LogP contribution in [0, 0.1) is 0 Å². The second-order valence-corrected chi connectivity index (χ2v) is 4.36. The maximum absolute atomic E-state index is 11.8. The Balaban J connectivity index is 2.05. The minimum absolute atomic E-state index is 0.107. The standard InChI is InChI=1S/C13H11ClN2O3/c14-10-3-1-8(2-4-10)7-15-13(19)9-5-11(17)16-12(18)6-9/h1-6H,7H2,(H,15,19)(H2,16,17,18). The fourth-order valence-corrected chi connectivity index (χ4v) is 1.67. The third-order valence-corrected chi connectivity index (χ3v) is 2.71. The van der Waals surface area contributed by atoms with E-state index in [1.807, 2.05) is 0 Å². The summed E-state index contributed by atoms with van der Waals surface area (Å²) in [5, 5.41) is 12.5. The average Bonchev–Trinajstić information content (AvgIpc) is 2.36. The Morgan fingerprint density at radius 2 is 1.95 bits per heavy atom. The molecule has 0 aliphatic rings. The van der Waals surface area contributed by atoms with Gasteiger partial charge in [0.2, 0.25) is 0 Å². The predicted octanol–water partition coefficient (Wildman–Crippen LogP) is 1.66. The Bertz CT molecular complexity index is 650. The zero-order valence-corrected chi connectivity index (χ0v) is 10.6. The Hall–Kier alpha value is -2.27.